The number of hydrogen-bond donors (Lipinski definition) is 0. The number of hydrogen-bond acceptors (Lipinski definition) is 7. The first-order chi connectivity index (χ1) is 15.3. The Morgan fingerprint density at radius 1 is 1.00 bits per heavy atom. The largest absolute Gasteiger partial charge is 0.497 e. The monoisotopic (exact) mass is 459 g/mol. The summed E-state index contributed by atoms with van der Waals surface area (Å²) in [4.78, 5) is 17.0. The summed E-state index contributed by atoms with van der Waals surface area (Å²) < 4.78 is 30.0. The fourth-order valence-corrected chi connectivity index (χ4v) is 5.12. The van der Waals surface area contributed by atoms with Gasteiger partial charge in [0.15, 0.2) is 5.82 Å². The van der Waals surface area contributed by atoms with Gasteiger partial charge >= 0.3 is 0 Å². The topological polar surface area (TPSA) is 95.9 Å². The van der Waals surface area contributed by atoms with Crippen molar-refractivity contribution in [3.8, 4) is 17.0 Å². The van der Waals surface area contributed by atoms with Crippen molar-refractivity contribution in [2.24, 2.45) is 5.92 Å². The number of benzene rings is 1. The van der Waals surface area contributed by atoms with Gasteiger partial charge in [0.1, 0.15) is 5.75 Å². The van der Waals surface area contributed by atoms with Crippen molar-refractivity contribution in [1.29, 1.82) is 0 Å². The Kier molecular flexibility index (Phi) is 6.61. The van der Waals surface area contributed by atoms with Crippen molar-refractivity contribution < 1.29 is 17.9 Å². The van der Waals surface area contributed by atoms with Gasteiger partial charge in [0.05, 0.1) is 25.0 Å². The smallest absolute Gasteiger partial charge is 0.227 e. The van der Waals surface area contributed by atoms with Crippen LogP contribution in [0.1, 0.15) is 12.8 Å². The number of carbonyl (C=O) groups is 1. The maximum Gasteiger partial charge on any atom is 0.227 e. The highest BCUT2D eigenvalue weighted by Gasteiger charge is 2.33. The predicted molar refractivity (Wildman–Crippen MR) is 122 cm³/mol. The summed E-state index contributed by atoms with van der Waals surface area (Å²) in [5.41, 5.74) is 1.74. The zero-order valence-electron chi connectivity index (χ0n) is 18.5. The maximum atomic E-state index is 13.1. The van der Waals surface area contributed by atoms with Gasteiger partial charge in [-0.15, -0.1) is 10.2 Å². The lowest BCUT2D eigenvalue weighted by Gasteiger charge is -2.38. The van der Waals surface area contributed by atoms with Gasteiger partial charge < -0.3 is 14.5 Å². The second-order valence-electron chi connectivity index (χ2n) is 8.28. The third kappa shape index (κ3) is 5.02. The van der Waals surface area contributed by atoms with Gasteiger partial charge in [0.25, 0.3) is 0 Å². The molecule has 0 aliphatic carbocycles. The molecular weight excluding hydrogens is 430 g/mol. The Morgan fingerprint density at radius 2 is 1.72 bits per heavy atom. The van der Waals surface area contributed by atoms with Gasteiger partial charge in [-0.2, -0.15) is 4.31 Å². The third-order valence-corrected chi connectivity index (χ3v) is 7.45. The Bertz CT molecular complexity index is 1030. The summed E-state index contributed by atoms with van der Waals surface area (Å²) in [7, 11) is -1.57. The average molecular weight is 460 g/mol. The van der Waals surface area contributed by atoms with Crippen molar-refractivity contribution in [2.75, 3.05) is 57.5 Å². The summed E-state index contributed by atoms with van der Waals surface area (Å²) in [6.07, 6.45) is 2.95. The molecule has 9 nitrogen and oxygen atoms in total. The molecule has 1 aromatic heterocycles. The van der Waals surface area contributed by atoms with Crippen LogP contribution in [-0.4, -0.2) is 86.4 Å². The van der Waals surface area contributed by atoms with Crippen LogP contribution in [0, 0.1) is 5.92 Å². The highest BCUT2D eigenvalue weighted by molar-refractivity contribution is 7.88. The maximum absolute atomic E-state index is 13.1. The van der Waals surface area contributed by atoms with E-state index in [1.54, 1.807) is 12.0 Å². The molecule has 0 spiro atoms. The van der Waals surface area contributed by atoms with E-state index in [9.17, 15) is 13.2 Å². The number of amides is 1. The molecule has 1 aromatic carbocycles. The molecule has 0 radical (unpaired) electrons. The first-order valence-electron chi connectivity index (χ1n) is 10.8. The highest BCUT2D eigenvalue weighted by Crippen LogP contribution is 2.25. The molecule has 1 atom stereocenters. The number of aromatic nitrogens is 2. The molecule has 2 fully saturated rings. The minimum Gasteiger partial charge on any atom is -0.497 e. The quantitative estimate of drug-likeness (QED) is 0.668. The van der Waals surface area contributed by atoms with Crippen LogP contribution in [0.5, 0.6) is 5.75 Å². The Morgan fingerprint density at radius 3 is 2.31 bits per heavy atom. The number of piperidine rings is 1. The SMILES string of the molecule is COc1ccc(-c2ccc(N3CCCC(C(=O)N4CCN(S(C)(=O)=O)CC4)C3)nn2)cc1. The number of carbonyl (C=O) groups excluding carboxylic acids is 1. The number of sulfonamides is 1. The van der Waals surface area contributed by atoms with E-state index in [2.05, 4.69) is 15.1 Å². The summed E-state index contributed by atoms with van der Waals surface area (Å²) in [6, 6.07) is 11.6. The zero-order valence-corrected chi connectivity index (χ0v) is 19.3. The second kappa shape index (κ2) is 9.41. The molecule has 0 bridgehead atoms. The third-order valence-electron chi connectivity index (χ3n) is 6.15. The highest BCUT2D eigenvalue weighted by atomic mass is 32.2. The van der Waals surface area contributed by atoms with Crippen LogP contribution < -0.4 is 9.64 Å². The molecule has 10 heteroatoms. The number of ether oxygens (including phenoxy) is 1. The average Bonchev–Trinajstić information content (AvgIpc) is 2.83. The molecule has 0 N–H and O–H groups in total. The lowest BCUT2D eigenvalue weighted by molar-refractivity contribution is -0.137. The standard InChI is InChI=1S/C22H29N5O4S/c1-31-19-7-5-17(6-8-19)20-9-10-21(24-23-20)26-11-3-4-18(16-26)22(28)25-12-14-27(15-13-25)32(2,29)30/h5-10,18H,3-4,11-16H2,1-2H3. The molecule has 172 valence electrons. The zero-order chi connectivity index (χ0) is 22.7. The minimum absolute atomic E-state index is 0.102. The molecule has 1 amide bonds. The van der Waals surface area contributed by atoms with Crippen molar-refractivity contribution in [3.63, 3.8) is 0 Å². The Labute approximate surface area is 189 Å². The molecule has 0 saturated carbocycles. The Balaban J connectivity index is 1.38. The Hall–Kier alpha value is -2.72. The van der Waals surface area contributed by atoms with Crippen LogP contribution in [0.15, 0.2) is 36.4 Å². The van der Waals surface area contributed by atoms with Crippen molar-refractivity contribution >= 4 is 21.7 Å². The van der Waals surface area contributed by atoms with E-state index in [0.29, 0.717) is 32.7 Å². The number of rotatable bonds is 5. The molecule has 2 saturated heterocycles. The number of piperazine rings is 1. The molecular formula is C22H29N5O4S. The molecule has 2 aliphatic heterocycles. The first-order valence-corrected chi connectivity index (χ1v) is 12.7. The summed E-state index contributed by atoms with van der Waals surface area (Å²) in [5, 5.41) is 8.79. The molecule has 3 heterocycles. The molecule has 4 rings (SSSR count). The van der Waals surface area contributed by atoms with Crippen LogP contribution in [-0.2, 0) is 14.8 Å². The van der Waals surface area contributed by atoms with Crippen molar-refractivity contribution in [3.05, 3.63) is 36.4 Å². The van der Waals surface area contributed by atoms with E-state index >= 15 is 0 Å². The summed E-state index contributed by atoms with van der Waals surface area (Å²) >= 11 is 0. The van der Waals surface area contributed by atoms with E-state index in [-0.39, 0.29) is 11.8 Å². The fraction of sp³-hybridized carbons (Fsp3) is 0.500. The van der Waals surface area contributed by atoms with Gasteiger partial charge in [0.2, 0.25) is 15.9 Å². The second-order valence-corrected chi connectivity index (χ2v) is 10.3. The molecule has 1 unspecified atom stereocenters. The lowest BCUT2D eigenvalue weighted by Crippen LogP contribution is -2.53. The van der Waals surface area contributed by atoms with Crippen LogP contribution in [0.25, 0.3) is 11.3 Å². The predicted octanol–water partition coefficient (Wildman–Crippen LogP) is 1.47. The van der Waals surface area contributed by atoms with Gasteiger partial charge in [-0.1, -0.05) is 0 Å². The normalized spacial score (nSPS) is 20.2. The van der Waals surface area contributed by atoms with Gasteiger partial charge in [-0.3, -0.25) is 4.79 Å². The minimum atomic E-state index is -3.21. The summed E-state index contributed by atoms with van der Waals surface area (Å²) in [6.45, 7) is 3.04. The molecule has 2 aromatic rings. The van der Waals surface area contributed by atoms with Gasteiger partial charge in [-0.25, -0.2) is 8.42 Å². The summed E-state index contributed by atoms with van der Waals surface area (Å²) in [5.74, 6) is 1.55. The molecule has 32 heavy (non-hydrogen) atoms. The van der Waals surface area contributed by atoms with E-state index in [1.807, 2.05) is 36.4 Å². The number of methoxy groups -OCH3 is 1. The first kappa shape index (κ1) is 22.5. The van der Waals surface area contributed by atoms with Crippen LogP contribution in [0.2, 0.25) is 0 Å². The lowest BCUT2D eigenvalue weighted by atomic mass is 9.96. The van der Waals surface area contributed by atoms with Crippen LogP contribution in [0.4, 0.5) is 5.82 Å². The fourth-order valence-electron chi connectivity index (χ4n) is 4.29. The van der Waals surface area contributed by atoms with Crippen molar-refractivity contribution in [1.82, 2.24) is 19.4 Å². The van der Waals surface area contributed by atoms with E-state index < -0.39 is 10.0 Å². The van der Waals surface area contributed by atoms with E-state index in [4.69, 9.17) is 4.74 Å². The van der Waals surface area contributed by atoms with Crippen LogP contribution >= 0.6 is 0 Å². The van der Waals surface area contributed by atoms with Gasteiger partial charge in [-0.05, 0) is 49.2 Å². The number of nitrogens with zero attached hydrogens (tertiary/aromatic N) is 5. The molecule has 2 aliphatic rings. The van der Waals surface area contributed by atoms with E-state index in [0.717, 1.165) is 42.2 Å². The number of anilines is 1. The van der Waals surface area contributed by atoms with Crippen LogP contribution in [0.3, 0.4) is 0 Å². The van der Waals surface area contributed by atoms with E-state index in [1.165, 1.54) is 10.6 Å². The van der Waals surface area contributed by atoms with Gasteiger partial charge in [0, 0.05) is 44.8 Å². The van der Waals surface area contributed by atoms with Crippen molar-refractivity contribution in [2.45, 2.75) is 12.8 Å².